The van der Waals surface area contributed by atoms with E-state index < -0.39 is 17.3 Å². The van der Waals surface area contributed by atoms with Crippen molar-refractivity contribution in [2.45, 2.75) is 57.3 Å². The standard InChI is InChI=1S/C23H27F3N4O2S/c1-14-10-16(13-22(2,3)12-14)30-20-9-8-18(33(27)31)11-19(20)29-21(30)28-15-4-6-17(7-5-15)32-23(24,25)26/h4-9,11,14,16H,10,12-13,27H2,1-3H3,(H,28,29). The molecule has 0 saturated heterocycles. The summed E-state index contributed by atoms with van der Waals surface area (Å²) in [7, 11) is -1.63. The summed E-state index contributed by atoms with van der Waals surface area (Å²) < 4.78 is 55.3. The molecular weight excluding hydrogens is 453 g/mol. The smallest absolute Gasteiger partial charge is 0.406 e. The molecule has 2 aromatic carbocycles. The van der Waals surface area contributed by atoms with Crippen LogP contribution in [0.25, 0.3) is 11.0 Å². The average molecular weight is 481 g/mol. The number of nitrogens with zero attached hydrogens (tertiary/aromatic N) is 2. The number of halogens is 3. The molecule has 4 rings (SSSR count). The van der Waals surface area contributed by atoms with Crippen molar-refractivity contribution < 1.29 is 22.1 Å². The minimum atomic E-state index is -4.74. The molecule has 1 aromatic heterocycles. The Morgan fingerprint density at radius 3 is 2.48 bits per heavy atom. The van der Waals surface area contributed by atoms with Gasteiger partial charge in [0.15, 0.2) is 0 Å². The van der Waals surface area contributed by atoms with E-state index in [-0.39, 0.29) is 17.2 Å². The van der Waals surface area contributed by atoms with Crippen molar-refractivity contribution in [2.24, 2.45) is 16.5 Å². The molecule has 6 nitrogen and oxygen atoms in total. The van der Waals surface area contributed by atoms with Gasteiger partial charge in [-0.25, -0.2) is 14.3 Å². The lowest BCUT2D eigenvalue weighted by atomic mass is 9.70. The Morgan fingerprint density at radius 2 is 1.88 bits per heavy atom. The molecule has 1 fully saturated rings. The van der Waals surface area contributed by atoms with E-state index in [0.717, 1.165) is 24.8 Å². The maximum Gasteiger partial charge on any atom is 0.573 e. The number of imidazole rings is 1. The van der Waals surface area contributed by atoms with E-state index in [1.165, 1.54) is 24.3 Å². The minimum Gasteiger partial charge on any atom is -0.406 e. The van der Waals surface area contributed by atoms with Crippen LogP contribution in [0.1, 0.15) is 46.1 Å². The third kappa shape index (κ3) is 5.50. The van der Waals surface area contributed by atoms with Gasteiger partial charge < -0.3 is 14.6 Å². The molecule has 1 aliphatic rings. The van der Waals surface area contributed by atoms with E-state index in [2.05, 4.69) is 35.4 Å². The van der Waals surface area contributed by atoms with Gasteiger partial charge in [-0.1, -0.05) is 20.8 Å². The van der Waals surface area contributed by atoms with Crippen molar-refractivity contribution in [3.8, 4) is 5.75 Å². The summed E-state index contributed by atoms with van der Waals surface area (Å²) in [4.78, 5) is 5.21. The van der Waals surface area contributed by atoms with E-state index in [9.17, 15) is 17.4 Å². The van der Waals surface area contributed by atoms with Crippen molar-refractivity contribution >= 4 is 33.7 Å². The van der Waals surface area contributed by atoms with E-state index in [0.29, 0.717) is 28.0 Å². The van der Waals surface area contributed by atoms with Crippen molar-refractivity contribution in [1.29, 1.82) is 0 Å². The highest BCUT2D eigenvalue weighted by Crippen LogP contribution is 2.46. The van der Waals surface area contributed by atoms with Crippen molar-refractivity contribution in [1.82, 2.24) is 9.55 Å². The summed E-state index contributed by atoms with van der Waals surface area (Å²) in [6.07, 6.45) is -1.67. The second-order valence-electron chi connectivity index (χ2n) is 9.52. The Balaban J connectivity index is 1.73. The van der Waals surface area contributed by atoms with Gasteiger partial charge in [0.25, 0.3) is 0 Å². The normalized spacial score (nSPS) is 21.7. The highest BCUT2D eigenvalue weighted by molar-refractivity contribution is 7.82. The molecule has 1 saturated carbocycles. The molecule has 0 aliphatic heterocycles. The molecule has 3 N–H and O–H groups in total. The van der Waals surface area contributed by atoms with Gasteiger partial charge in [-0.15, -0.1) is 13.2 Å². The van der Waals surface area contributed by atoms with Crippen molar-refractivity contribution in [2.75, 3.05) is 5.32 Å². The monoisotopic (exact) mass is 480 g/mol. The third-order valence-corrected chi connectivity index (χ3v) is 6.68. The molecule has 3 atom stereocenters. The van der Waals surface area contributed by atoms with Crippen LogP contribution in [0.3, 0.4) is 0 Å². The van der Waals surface area contributed by atoms with Crippen molar-refractivity contribution in [3.05, 3.63) is 42.5 Å². The number of benzene rings is 2. The van der Waals surface area contributed by atoms with Crippen LogP contribution in [-0.4, -0.2) is 20.1 Å². The van der Waals surface area contributed by atoms with Gasteiger partial charge >= 0.3 is 6.36 Å². The van der Waals surface area contributed by atoms with Crippen molar-refractivity contribution in [3.63, 3.8) is 0 Å². The number of hydrogen-bond acceptors (Lipinski definition) is 4. The first kappa shape index (κ1) is 23.6. The maximum absolute atomic E-state index is 12.5. The Hall–Kier alpha value is -2.59. The van der Waals surface area contributed by atoms with Gasteiger partial charge in [-0.3, -0.25) is 0 Å². The fraction of sp³-hybridized carbons (Fsp3) is 0.435. The van der Waals surface area contributed by atoms with Crippen LogP contribution >= 0.6 is 0 Å². The molecule has 3 aromatic rings. The fourth-order valence-corrected chi connectivity index (χ4v) is 5.45. The van der Waals surface area contributed by atoms with Gasteiger partial charge in [0.2, 0.25) is 5.95 Å². The Bertz CT molecular complexity index is 1170. The van der Waals surface area contributed by atoms with E-state index in [1.807, 2.05) is 6.07 Å². The number of nitrogens with two attached hydrogens (primary N) is 1. The minimum absolute atomic E-state index is 0.158. The molecule has 1 aliphatic carbocycles. The maximum atomic E-state index is 12.5. The molecule has 10 heteroatoms. The van der Waals surface area contributed by atoms with Gasteiger partial charge in [0, 0.05) is 11.7 Å². The quantitative estimate of drug-likeness (QED) is 0.466. The highest BCUT2D eigenvalue weighted by atomic mass is 32.2. The van der Waals surface area contributed by atoms with Crippen LogP contribution in [0.4, 0.5) is 24.8 Å². The summed E-state index contributed by atoms with van der Waals surface area (Å²) >= 11 is 0. The number of anilines is 2. The predicted molar refractivity (Wildman–Crippen MR) is 123 cm³/mol. The first-order valence-corrected chi connectivity index (χ1v) is 11.9. The molecular formula is C23H27F3N4O2S. The van der Waals surface area contributed by atoms with Crippen LogP contribution in [-0.2, 0) is 11.0 Å². The number of ether oxygens (including phenoxy) is 1. The lowest BCUT2D eigenvalue weighted by Gasteiger charge is -2.40. The lowest BCUT2D eigenvalue weighted by molar-refractivity contribution is -0.274. The molecule has 33 heavy (non-hydrogen) atoms. The molecule has 0 amide bonds. The molecule has 3 unspecified atom stereocenters. The lowest BCUT2D eigenvalue weighted by Crippen LogP contribution is -2.29. The third-order valence-electron chi connectivity index (χ3n) is 5.97. The first-order chi connectivity index (χ1) is 15.4. The summed E-state index contributed by atoms with van der Waals surface area (Å²) in [6.45, 7) is 6.77. The number of alkyl halides is 3. The SMILES string of the molecule is CC1CC(n2c(Nc3ccc(OC(F)(F)F)cc3)nc3cc(S(N)=O)ccc32)CC(C)(C)C1. The summed E-state index contributed by atoms with van der Waals surface area (Å²) in [5.74, 6) is 0.808. The second-order valence-corrected chi connectivity index (χ2v) is 10.6. The zero-order chi connectivity index (χ0) is 24.0. The number of nitrogens with one attached hydrogen (secondary N) is 1. The van der Waals surface area contributed by atoms with E-state index >= 15 is 0 Å². The Kier molecular flexibility index (Phi) is 6.17. The largest absolute Gasteiger partial charge is 0.573 e. The van der Waals surface area contributed by atoms with Gasteiger partial charge in [-0.2, -0.15) is 0 Å². The van der Waals surface area contributed by atoms with Gasteiger partial charge in [0.1, 0.15) is 16.7 Å². The Labute approximate surface area is 192 Å². The number of aromatic nitrogens is 2. The number of fused-ring (bicyclic) bond motifs is 1. The first-order valence-electron chi connectivity index (χ1n) is 10.7. The van der Waals surface area contributed by atoms with Crippen LogP contribution in [0, 0.1) is 11.3 Å². The predicted octanol–water partition coefficient (Wildman–Crippen LogP) is 6.05. The highest BCUT2D eigenvalue weighted by Gasteiger charge is 2.35. The van der Waals surface area contributed by atoms with Crippen LogP contribution in [0.15, 0.2) is 47.4 Å². The molecule has 1 heterocycles. The zero-order valence-electron chi connectivity index (χ0n) is 18.6. The molecule has 0 radical (unpaired) electrons. The van der Waals surface area contributed by atoms with Gasteiger partial charge in [0.05, 0.1) is 15.9 Å². The number of hydrogen-bond donors (Lipinski definition) is 2. The molecule has 0 bridgehead atoms. The zero-order valence-corrected chi connectivity index (χ0v) is 19.5. The number of rotatable bonds is 5. The summed E-state index contributed by atoms with van der Waals surface area (Å²) in [6, 6.07) is 11.0. The Morgan fingerprint density at radius 1 is 1.18 bits per heavy atom. The molecule has 0 spiro atoms. The summed E-state index contributed by atoms with van der Waals surface area (Å²) in [5, 5.41) is 8.81. The van der Waals surface area contributed by atoms with E-state index in [4.69, 9.17) is 10.1 Å². The van der Waals surface area contributed by atoms with E-state index in [1.54, 1.807) is 12.1 Å². The van der Waals surface area contributed by atoms with Crippen LogP contribution in [0.5, 0.6) is 5.75 Å². The van der Waals surface area contributed by atoms with Crippen LogP contribution < -0.4 is 15.2 Å². The molecule has 178 valence electrons. The average Bonchev–Trinajstić information content (AvgIpc) is 3.03. The van der Waals surface area contributed by atoms with Crippen LogP contribution in [0.2, 0.25) is 0 Å². The summed E-state index contributed by atoms with van der Waals surface area (Å²) in [5.41, 5.74) is 2.28. The van der Waals surface area contributed by atoms with Gasteiger partial charge in [-0.05, 0) is 73.1 Å². The topological polar surface area (TPSA) is 82.2 Å². The fourth-order valence-electron chi connectivity index (χ4n) is 5.02. The second kappa shape index (κ2) is 8.64.